The van der Waals surface area contributed by atoms with Crippen molar-refractivity contribution in [3.63, 3.8) is 0 Å². The first kappa shape index (κ1) is 15.5. The predicted octanol–water partition coefficient (Wildman–Crippen LogP) is 4.13. The Balaban J connectivity index is 2.10. The largest absolute Gasteiger partial charge is 0.488 e. The zero-order chi connectivity index (χ0) is 14.9. The molecule has 0 aliphatic rings. The van der Waals surface area contributed by atoms with Gasteiger partial charge in [0.05, 0.1) is 0 Å². The summed E-state index contributed by atoms with van der Waals surface area (Å²) in [6.45, 7) is 5.49. The maximum absolute atomic E-state index is 5.91. The normalized spacial score (nSPS) is 10.8. The van der Waals surface area contributed by atoms with Crippen LogP contribution >= 0.6 is 0 Å². The van der Waals surface area contributed by atoms with Crippen molar-refractivity contribution in [2.24, 2.45) is 0 Å². The smallest absolute Gasteiger partial charge is 0.191 e. The van der Waals surface area contributed by atoms with E-state index >= 15 is 0 Å². The van der Waals surface area contributed by atoms with Crippen molar-refractivity contribution in [2.75, 3.05) is 19.8 Å². The third kappa shape index (κ3) is 4.59. The molecule has 0 radical (unpaired) electrons. The van der Waals surface area contributed by atoms with Gasteiger partial charge in [0.1, 0.15) is 12.4 Å². The van der Waals surface area contributed by atoms with Gasteiger partial charge in [0.2, 0.25) is 0 Å². The Labute approximate surface area is 126 Å². The van der Waals surface area contributed by atoms with Crippen LogP contribution in [0.5, 0.6) is 5.75 Å². The van der Waals surface area contributed by atoms with Gasteiger partial charge >= 0.3 is 0 Å². The molecule has 0 aliphatic carbocycles. The molecular weight excluding hydrogens is 264 g/mol. The molecule has 0 spiro atoms. The van der Waals surface area contributed by atoms with Crippen LogP contribution in [-0.2, 0) is 9.47 Å². The summed E-state index contributed by atoms with van der Waals surface area (Å²) in [7, 11) is 0. The van der Waals surface area contributed by atoms with Gasteiger partial charge in [-0.1, -0.05) is 48.5 Å². The van der Waals surface area contributed by atoms with E-state index in [0.717, 1.165) is 16.9 Å². The van der Waals surface area contributed by atoms with E-state index in [1.54, 1.807) is 0 Å². The molecule has 2 rings (SSSR count). The average molecular weight is 286 g/mol. The van der Waals surface area contributed by atoms with Gasteiger partial charge in [0.15, 0.2) is 6.29 Å². The Hall–Kier alpha value is -1.84. The molecule has 2 aromatic carbocycles. The van der Waals surface area contributed by atoms with E-state index < -0.39 is 0 Å². The topological polar surface area (TPSA) is 27.7 Å². The predicted molar refractivity (Wildman–Crippen MR) is 84.4 cm³/mol. The summed E-state index contributed by atoms with van der Waals surface area (Å²) in [5.41, 5.74) is 2.21. The molecule has 0 aliphatic heterocycles. The lowest BCUT2D eigenvalue weighted by atomic mass is 10.1. The first-order valence-electron chi connectivity index (χ1n) is 7.35. The van der Waals surface area contributed by atoms with Gasteiger partial charge in [-0.05, 0) is 25.5 Å². The maximum Gasteiger partial charge on any atom is 0.191 e. The Morgan fingerprint density at radius 2 is 1.43 bits per heavy atom. The van der Waals surface area contributed by atoms with Crippen LogP contribution in [0.4, 0.5) is 0 Å². The quantitative estimate of drug-likeness (QED) is 0.683. The van der Waals surface area contributed by atoms with Crippen LogP contribution in [0.2, 0.25) is 0 Å². The number of rotatable bonds is 8. The van der Waals surface area contributed by atoms with Crippen molar-refractivity contribution in [1.29, 1.82) is 0 Å². The molecule has 3 heteroatoms. The number of benzene rings is 2. The second-order valence-electron chi connectivity index (χ2n) is 4.51. The Bertz CT molecular complexity index is 519. The van der Waals surface area contributed by atoms with E-state index in [-0.39, 0.29) is 6.29 Å². The average Bonchev–Trinajstić information content (AvgIpc) is 2.54. The van der Waals surface area contributed by atoms with Crippen molar-refractivity contribution < 1.29 is 14.2 Å². The number of hydrogen-bond acceptors (Lipinski definition) is 3. The van der Waals surface area contributed by atoms with Crippen molar-refractivity contribution in [3.05, 3.63) is 54.6 Å². The first-order chi connectivity index (χ1) is 10.3. The summed E-state index contributed by atoms with van der Waals surface area (Å²) in [6, 6.07) is 18.2. The molecule has 112 valence electrons. The van der Waals surface area contributed by atoms with Gasteiger partial charge in [-0.15, -0.1) is 0 Å². The lowest BCUT2D eigenvalue weighted by molar-refractivity contribution is -0.152. The van der Waals surface area contributed by atoms with Crippen LogP contribution in [0, 0.1) is 0 Å². The summed E-state index contributed by atoms with van der Waals surface area (Å²) in [4.78, 5) is 0. The monoisotopic (exact) mass is 286 g/mol. The summed E-state index contributed by atoms with van der Waals surface area (Å²) in [6.07, 6.45) is -0.330. The SMILES string of the molecule is CCOC(COc1ccccc1-c1ccccc1)OCC. The van der Waals surface area contributed by atoms with E-state index in [9.17, 15) is 0 Å². The van der Waals surface area contributed by atoms with Crippen LogP contribution < -0.4 is 4.74 Å². The molecule has 0 atom stereocenters. The molecular formula is C18H22O3. The van der Waals surface area contributed by atoms with Crippen LogP contribution in [0.25, 0.3) is 11.1 Å². The lowest BCUT2D eigenvalue weighted by Gasteiger charge is -2.19. The van der Waals surface area contributed by atoms with Gasteiger partial charge in [-0.2, -0.15) is 0 Å². The highest BCUT2D eigenvalue weighted by Gasteiger charge is 2.11. The second-order valence-corrected chi connectivity index (χ2v) is 4.51. The lowest BCUT2D eigenvalue weighted by Crippen LogP contribution is -2.25. The molecule has 0 saturated carbocycles. The highest BCUT2D eigenvalue weighted by molar-refractivity contribution is 5.70. The van der Waals surface area contributed by atoms with Crippen LogP contribution in [0.15, 0.2) is 54.6 Å². The van der Waals surface area contributed by atoms with E-state index in [1.807, 2.05) is 50.2 Å². The van der Waals surface area contributed by atoms with Gasteiger partial charge in [0, 0.05) is 18.8 Å². The molecule has 0 N–H and O–H groups in total. The van der Waals surface area contributed by atoms with Gasteiger partial charge in [0.25, 0.3) is 0 Å². The Morgan fingerprint density at radius 3 is 2.10 bits per heavy atom. The van der Waals surface area contributed by atoms with Gasteiger partial charge < -0.3 is 14.2 Å². The van der Waals surface area contributed by atoms with E-state index in [0.29, 0.717) is 19.8 Å². The number of hydrogen-bond donors (Lipinski definition) is 0. The first-order valence-corrected chi connectivity index (χ1v) is 7.35. The van der Waals surface area contributed by atoms with Crippen LogP contribution in [-0.4, -0.2) is 26.1 Å². The summed E-state index contributed by atoms with van der Waals surface area (Å²) in [5.74, 6) is 0.841. The molecule has 0 fully saturated rings. The third-order valence-electron chi connectivity index (χ3n) is 3.05. The minimum Gasteiger partial charge on any atom is -0.488 e. The fourth-order valence-corrected chi connectivity index (χ4v) is 2.12. The molecule has 0 aromatic heterocycles. The molecule has 21 heavy (non-hydrogen) atoms. The Morgan fingerprint density at radius 1 is 0.810 bits per heavy atom. The molecule has 2 aromatic rings. The highest BCUT2D eigenvalue weighted by Crippen LogP contribution is 2.29. The van der Waals surface area contributed by atoms with Crippen molar-refractivity contribution >= 4 is 0 Å². The highest BCUT2D eigenvalue weighted by atomic mass is 16.7. The van der Waals surface area contributed by atoms with E-state index in [1.165, 1.54) is 0 Å². The van der Waals surface area contributed by atoms with Crippen LogP contribution in [0.1, 0.15) is 13.8 Å². The van der Waals surface area contributed by atoms with Gasteiger partial charge in [-0.25, -0.2) is 0 Å². The molecule has 0 unspecified atom stereocenters. The standard InChI is InChI=1S/C18H22O3/c1-3-19-18(20-4-2)14-21-17-13-9-8-12-16(17)15-10-6-5-7-11-15/h5-13,18H,3-4,14H2,1-2H3. The van der Waals surface area contributed by atoms with Crippen molar-refractivity contribution in [1.82, 2.24) is 0 Å². The fourth-order valence-electron chi connectivity index (χ4n) is 2.12. The zero-order valence-corrected chi connectivity index (χ0v) is 12.6. The summed E-state index contributed by atoms with van der Waals surface area (Å²) >= 11 is 0. The summed E-state index contributed by atoms with van der Waals surface area (Å²) < 4.78 is 16.9. The van der Waals surface area contributed by atoms with Crippen molar-refractivity contribution in [2.45, 2.75) is 20.1 Å². The molecule has 0 saturated heterocycles. The summed E-state index contributed by atoms with van der Waals surface area (Å²) in [5, 5.41) is 0. The molecule has 0 heterocycles. The van der Waals surface area contributed by atoms with Gasteiger partial charge in [-0.3, -0.25) is 0 Å². The fraction of sp³-hybridized carbons (Fsp3) is 0.333. The molecule has 0 bridgehead atoms. The van der Waals surface area contributed by atoms with E-state index in [4.69, 9.17) is 14.2 Å². The third-order valence-corrected chi connectivity index (χ3v) is 3.05. The molecule has 0 amide bonds. The second kappa shape index (κ2) is 8.45. The van der Waals surface area contributed by atoms with Crippen LogP contribution in [0.3, 0.4) is 0 Å². The molecule has 3 nitrogen and oxygen atoms in total. The minimum atomic E-state index is -0.330. The minimum absolute atomic E-state index is 0.330. The maximum atomic E-state index is 5.91. The zero-order valence-electron chi connectivity index (χ0n) is 12.6. The number of ether oxygens (including phenoxy) is 3. The van der Waals surface area contributed by atoms with Crippen molar-refractivity contribution in [3.8, 4) is 16.9 Å². The Kier molecular flexibility index (Phi) is 6.25. The van der Waals surface area contributed by atoms with E-state index in [2.05, 4.69) is 18.2 Å². The number of para-hydroxylation sites is 1.